The van der Waals surface area contributed by atoms with Crippen LogP contribution in [0.4, 0.5) is 0 Å². The topological polar surface area (TPSA) is 29.5 Å². The summed E-state index contributed by atoms with van der Waals surface area (Å²) >= 11 is 0. The molecule has 0 heterocycles. The van der Waals surface area contributed by atoms with Gasteiger partial charge in [0, 0.05) is 5.57 Å². The molecule has 0 saturated heterocycles. The molecular weight excluding hydrogens is 264 g/mol. The molecule has 1 rings (SSSR count). The lowest BCUT2D eigenvalue weighted by Gasteiger charge is -2.35. The van der Waals surface area contributed by atoms with Crippen molar-refractivity contribution >= 4 is 13.3 Å². The summed E-state index contributed by atoms with van der Waals surface area (Å²) < 4.78 is 5.06. The van der Waals surface area contributed by atoms with Gasteiger partial charge in [-0.15, -0.1) is 0 Å². The number of benzene rings is 1. The zero-order valence-corrected chi connectivity index (χ0v) is 14.6. The average molecular weight is 292 g/mol. The summed E-state index contributed by atoms with van der Waals surface area (Å²) in [4.78, 5) is 0. The van der Waals surface area contributed by atoms with Gasteiger partial charge in [0.2, 0.25) is 0 Å². The fourth-order valence-corrected chi connectivity index (χ4v) is 6.58. The van der Waals surface area contributed by atoms with Crippen LogP contribution in [0.25, 0.3) is 0 Å². The SMILES string of the molecule is CO/C(O)=C(\C)C(CC(C)C)[Si](C)(C)c1ccccc1. The number of hydrogen-bond acceptors (Lipinski definition) is 2. The highest BCUT2D eigenvalue weighted by Crippen LogP contribution is 2.36. The number of allylic oxidation sites excluding steroid dienone is 1. The van der Waals surface area contributed by atoms with Gasteiger partial charge in [-0.1, -0.05) is 62.5 Å². The largest absolute Gasteiger partial charge is 0.481 e. The van der Waals surface area contributed by atoms with E-state index in [1.54, 1.807) is 0 Å². The van der Waals surface area contributed by atoms with Crippen molar-refractivity contribution in [3.63, 3.8) is 0 Å². The molecule has 1 unspecified atom stereocenters. The van der Waals surface area contributed by atoms with Crippen molar-refractivity contribution in [1.82, 2.24) is 0 Å². The Labute approximate surface area is 124 Å². The molecule has 0 saturated carbocycles. The Balaban J connectivity index is 3.23. The monoisotopic (exact) mass is 292 g/mol. The standard InChI is InChI=1S/C17H28O2Si/c1-13(2)12-16(14(3)17(18)19-4)20(5,6)15-10-8-7-9-11-15/h7-11,13,16,18H,12H2,1-6H3/b17-14+. The van der Waals surface area contributed by atoms with Gasteiger partial charge in [-0.25, -0.2) is 0 Å². The molecule has 0 spiro atoms. The Morgan fingerprint density at radius 1 is 1.20 bits per heavy atom. The zero-order chi connectivity index (χ0) is 15.3. The van der Waals surface area contributed by atoms with Gasteiger partial charge < -0.3 is 9.84 Å². The van der Waals surface area contributed by atoms with Gasteiger partial charge in [0.05, 0.1) is 15.2 Å². The molecule has 0 aromatic heterocycles. The third kappa shape index (κ3) is 3.89. The van der Waals surface area contributed by atoms with Gasteiger partial charge in [-0.05, 0) is 24.8 Å². The van der Waals surface area contributed by atoms with Crippen molar-refractivity contribution in [2.24, 2.45) is 5.92 Å². The average Bonchev–Trinajstić information content (AvgIpc) is 2.43. The van der Waals surface area contributed by atoms with Crippen LogP contribution < -0.4 is 5.19 Å². The summed E-state index contributed by atoms with van der Waals surface area (Å²) in [5.41, 5.74) is 1.37. The van der Waals surface area contributed by atoms with Gasteiger partial charge in [-0.2, -0.15) is 0 Å². The molecule has 112 valence electrons. The first kappa shape index (κ1) is 16.8. The molecule has 3 heteroatoms. The highest BCUT2D eigenvalue weighted by atomic mass is 28.3. The third-order valence-corrected chi connectivity index (χ3v) is 8.38. The Kier molecular flexibility index (Phi) is 5.87. The number of aliphatic hydroxyl groups is 1. The van der Waals surface area contributed by atoms with Crippen LogP contribution in [-0.2, 0) is 4.74 Å². The van der Waals surface area contributed by atoms with Crippen molar-refractivity contribution in [3.05, 3.63) is 41.9 Å². The maximum atomic E-state index is 10.00. The van der Waals surface area contributed by atoms with Crippen LogP contribution >= 0.6 is 0 Å². The van der Waals surface area contributed by atoms with Crippen molar-refractivity contribution in [2.75, 3.05) is 7.11 Å². The van der Waals surface area contributed by atoms with Crippen LogP contribution in [0.1, 0.15) is 27.2 Å². The normalized spacial score (nSPS) is 14.9. The van der Waals surface area contributed by atoms with E-state index in [2.05, 4.69) is 57.3 Å². The van der Waals surface area contributed by atoms with Gasteiger partial charge in [0.1, 0.15) is 0 Å². The fraction of sp³-hybridized carbons (Fsp3) is 0.529. The molecule has 20 heavy (non-hydrogen) atoms. The highest BCUT2D eigenvalue weighted by Gasteiger charge is 2.36. The Morgan fingerprint density at radius 3 is 2.20 bits per heavy atom. The van der Waals surface area contributed by atoms with Crippen molar-refractivity contribution in [3.8, 4) is 0 Å². The third-order valence-electron chi connectivity index (χ3n) is 4.15. The quantitative estimate of drug-likeness (QED) is 0.620. The molecule has 0 amide bonds. The molecular formula is C17H28O2Si. The number of ether oxygens (including phenoxy) is 1. The van der Waals surface area contributed by atoms with Crippen LogP contribution in [-0.4, -0.2) is 20.3 Å². The number of methoxy groups -OCH3 is 1. The highest BCUT2D eigenvalue weighted by molar-refractivity contribution is 6.91. The first-order valence-corrected chi connectivity index (χ1v) is 10.4. The summed E-state index contributed by atoms with van der Waals surface area (Å²) in [5, 5.41) is 11.4. The minimum Gasteiger partial charge on any atom is -0.481 e. The molecule has 1 N–H and O–H groups in total. The van der Waals surface area contributed by atoms with E-state index >= 15 is 0 Å². The van der Waals surface area contributed by atoms with Gasteiger partial charge in [-0.3, -0.25) is 0 Å². The summed E-state index contributed by atoms with van der Waals surface area (Å²) in [7, 11) is -0.182. The lowest BCUT2D eigenvalue weighted by Crippen LogP contribution is -2.47. The number of aliphatic hydroxyl groups excluding tert-OH is 1. The van der Waals surface area contributed by atoms with E-state index in [4.69, 9.17) is 4.74 Å². The van der Waals surface area contributed by atoms with Crippen molar-refractivity contribution < 1.29 is 9.84 Å². The fourth-order valence-electron chi connectivity index (χ4n) is 2.86. The van der Waals surface area contributed by atoms with E-state index < -0.39 is 8.07 Å². The molecule has 0 radical (unpaired) electrons. The second-order valence-electron chi connectivity index (χ2n) is 6.46. The van der Waals surface area contributed by atoms with Gasteiger partial charge in [0.25, 0.3) is 5.95 Å². The molecule has 0 bridgehead atoms. The minimum absolute atomic E-state index is 0.0900. The Morgan fingerprint density at radius 2 is 1.75 bits per heavy atom. The summed E-state index contributed by atoms with van der Waals surface area (Å²) in [6.07, 6.45) is 1.08. The summed E-state index contributed by atoms with van der Waals surface area (Å²) in [6, 6.07) is 10.7. The smallest absolute Gasteiger partial charge is 0.275 e. The minimum atomic E-state index is -1.71. The maximum Gasteiger partial charge on any atom is 0.275 e. The first-order valence-electron chi connectivity index (χ1n) is 7.30. The van der Waals surface area contributed by atoms with E-state index in [9.17, 15) is 5.11 Å². The van der Waals surface area contributed by atoms with E-state index in [-0.39, 0.29) is 5.95 Å². The predicted octanol–water partition coefficient (Wildman–Crippen LogP) is 4.45. The van der Waals surface area contributed by atoms with Crippen LogP contribution in [0.3, 0.4) is 0 Å². The second-order valence-corrected chi connectivity index (χ2v) is 11.2. The molecule has 0 fully saturated rings. The Hall–Kier alpha value is -1.22. The van der Waals surface area contributed by atoms with E-state index in [1.165, 1.54) is 12.3 Å². The molecule has 0 aliphatic rings. The summed E-state index contributed by atoms with van der Waals surface area (Å²) in [6.45, 7) is 11.2. The van der Waals surface area contributed by atoms with Gasteiger partial charge in [0.15, 0.2) is 0 Å². The lowest BCUT2D eigenvalue weighted by molar-refractivity contribution is 0.129. The number of rotatable bonds is 6. The van der Waals surface area contributed by atoms with Crippen molar-refractivity contribution in [1.29, 1.82) is 0 Å². The van der Waals surface area contributed by atoms with E-state index in [0.29, 0.717) is 11.5 Å². The van der Waals surface area contributed by atoms with E-state index in [1.807, 2.05) is 6.92 Å². The van der Waals surface area contributed by atoms with Gasteiger partial charge >= 0.3 is 0 Å². The number of hydrogen-bond donors (Lipinski definition) is 1. The second kappa shape index (κ2) is 6.98. The van der Waals surface area contributed by atoms with Crippen LogP contribution in [0.15, 0.2) is 41.9 Å². The lowest BCUT2D eigenvalue weighted by atomic mass is 10.0. The summed E-state index contributed by atoms with van der Waals surface area (Å²) in [5.74, 6) is 0.683. The predicted molar refractivity (Wildman–Crippen MR) is 89.1 cm³/mol. The van der Waals surface area contributed by atoms with Crippen molar-refractivity contribution in [2.45, 2.75) is 45.8 Å². The van der Waals surface area contributed by atoms with E-state index in [0.717, 1.165) is 12.0 Å². The maximum absolute atomic E-state index is 10.00. The van der Waals surface area contributed by atoms with Crippen LogP contribution in [0.5, 0.6) is 0 Å². The first-order chi connectivity index (χ1) is 9.30. The molecule has 1 atom stereocenters. The van der Waals surface area contributed by atoms with Crippen LogP contribution in [0, 0.1) is 5.92 Å². The Bertz CT molecular complexity index is 449. The molecule has 1 aromatic carbocycles. The molecule has 0 aliphatic carbocycles. The molecule has 0 aliphatic heterocycles. The zero-order valence-electron chi connectivity index (χ0n) is 13.6. The van der Waals surface area contributed by atoms with Crippen LogP contribution in [0.2, 0.25) is 18.6 Å². The molecule has 1 aromatic rings. The molecule has 2 nitrogen and oxygen atoms in total.